The zero-order valence-corrected chi connectivity index (χ0v) is 13.3. The highest BCUT2D eigenvalue weighted by Crippen LogP contribution is 2.32. The average molecular weight is 353 g/mol. The number of nitrogens with zero attached hydrogens (tertiary/aromatic N) is 2. The number of carbonyl (C=O) groups excluding carboxylic acids is 2. The van der Waals surface area contributed by atoms with Crippen molar-refractivity contribution < 1.29 is 14.7 Å². The summed E-state index contributed by atoms with van der Waals surface area (Å²) in [7, 11) is 1.54. The Hall–Kier alpha value is -1.66. The normalized spacial score (nSPS) is 16.0. The smallest absolute Gasteiger partial charge is 0.246 e. The van der Waals surface area contributed by atoms with Gasteiger partial charge >= 0.3 is 0 Å². The highest BCUT2D eigenvalue weighted by Gasteiger charge is 2.44. The van der Waals surface area contributed by atoms with Gasteiger partial charge in [-0.05, 0) is 23.8 Å². The van der Waals surface area contributed by atoms with E-state index in [1.807, 2.05) is 24.3 Å². The first kappa shape index (κ1) is 15.7. The monoisotopic (exact) mass is 352 g/mol. The largest absolute Gasteiger partial charge is 0.381 e. The fourth-order valence-electron chi connectivity index (χ4n) is 2.24. The average Bonchev–Trinajstić information content (AvgIpc) is 2.43. The topological polar surface area (TPSA) is 60.9 Å². The molecule has 0 atom stereocenters. The number of β-amino-alcohol motifs (C(OH)–C–C–N with tert-alkyl or cyclic N) is 1. The van der Waals surface area contributed by atoms with Crippen molar-refractivity contribution in [3.8, 4) is 0 Å². The predicted octanol–water partition coefficient (Wildman–Crippen LogP) is 1.12. The van der Waals surface area contributed by atoms with Gasteiger partial charge in [-0.25, -0.2) is 0 Å². The van der Waals surface area contributed by atoms with Crippen LogP contribution in [0.4, 0.5) is 0 Å². The van der Waals surface area contributed by atoms with Crippen molar-refractivity contribution in [3.05, 3.63) is 47.0 Å². The van der Waals surface area contributed by atoms with E-state index in [1.54, 1.807) is 7.05 Å². The molecule has 1 aromatic carbocycles. The first-order valence-electron chi connectivity index (χ1n) is 6.49. The molecular formula is C15H17BrN2O3. The fraction of sp³-hybridized carbons (Fsp3) is 0.333. The summed E-state index contributed by atoms with van der Waals surface area (Å²) in [6, 6.07) is 7.38. The van der Waals surface area contributed by atoms with Crippen molar-refractivity contribution in [1.82, 2.24) is 9.80 Å². The number of hydrogen-bond donors (Lipinski definition) is 1. The lowest BCUT2D eigenvalue weighted by Gasteiger charge is -2.47. The van der Waals surface area contributed by atoms with E-state index in [4.69, 9.17) is 0 Å². The van der Waals surface area contributed by atoms with E-state index >= 15 is 0 Å². The van der Waals surface area contributed by atoms with Gasteiger partial charge in [0.1, 0.15) is 5.60 Å². The second kappa shape index (κ2) is 5.99. The SMILES string of the molecule is C=CC(=O)N(C)CC(=O)N1CC(O)(c2ccc(Br)cc2)C1. The van der Waals surface area contributed by atoms with Gasteiger partial charge in [0.2, 0.25) is 11.8 Å². The molecule has 1 N–H and O–H groups in total. The number of likely N-dealkylation sites (tertiary alicyclic amines) is 1. The van der Waals surface area contributed by atoms with Crippen molar-refractivity contribution in [2.45, 2.75) is 5.60 Å². The van der Waals surface area contributed by atoms with Gasteiger partial charge in [-0.1, -0.05) is 34.6 Å². The van der Waals surface area contributed by atoms with Crippen molar-refractivity contribution in [2.75, 3.05) is 26.7 Å². The molecule has 21 heavy (non-hydrogen) atoms. The Bertz CT molecular complexity index is 565. The summed E-state index contributed by atoms with van der Waals surface area (Å²) in [6.45, 7) is 3.84. The van der Waals surface area contributed by atoms with Gasteiger partial charge < -0.3 is 14.9 Å². The maximum atomic E-state index is 12.0. The van der Waals surface area contributed by atoms with Crippen LogP contribution in [0.5, 0.6) is 0 Å². The summed E-state index contributed by atoms with van der Waals surface area (Å²) in [4.78, 5) is 26.2. The zero-order chi connectivity index (χ0) is 15.6. The van der Waals surface area contributed by atoms with E-state index in [-0.39, 0.29) is 31.4 Å². The third-order valence-electron chi connectivity index (χ3n) is 3.56. The van der Waals surface area contributed by atoms with Gasteiger partial charge in [-0.3, -0.25) is 9.59 Å². The van der Waals surface area contributed by atoms with Crippen molar-refractivity contribution >= 4 is 27.7 Å². The lowest BCUT2D eigenvalue weighted by Crippen LogP contribution is -2.62. The molecular weight excluding hydrogens is 336 g/mol. The van der Waals surface area contributed by atoms with Gasteiger partial charge in [0.05, 0.1) is 19.6 Å². The molecule has 2 rings (SSSR count). The van der Waals surface area contributed by atoms with Crippen LogP contribution in [0.1, 0.15) is 5.56 Å². The molecule has 1 aliphatic heterocycles. The Kier molecular flexibility index (Phi) is 4.49. The molecule has 1 aliphatic rings. The molecule has 6 heteroatoms. The summed E-state index contributed by atoms with van der Waals surface area (Å²) in [6.07, 6.45) is 1.17. The van der Waals surface area contributed by atoms with Crippen molar-refractivity contribution in [3.63, 3.8) is 0 Å². The van der Waals surface area contributed by atoms with E-state index in [0.717, 1.165) is 10.0 Å². The Morgan fingerprint density at radius 2 is 2.00 bits per heavy atom. The van der Waals surface area contributed by atoms with Crippen LogP contribution in [0.25, 0.3) is 0 Å². The Labute approximate surface area is 132 Å². The van der Waals surface area contributed by atoms with E-state index in [2.05, 4.69) is 22.5 Å². The van der Waals surface area contributed by atoms with Gasteiger partial charge in [0.15, 0.2) is 0 Å². The highest BCUT2D eigenvalue weighted by atomic mass is 79.9. The van der Waals surface area contributed by atoms with E-state index in [9.17, 15) is 14.7 Å². The second-order valence-electron chi connectivity index (χ2n) is 5.19. The van der Waals surface area contributed by atoms with Crippen LogP contribution in [0, 0.1) is 0 Å². The molecule has 0 saturated carbocycles. The molecule has 0 aromatic heterocycles. The standard InChI is InChI=1S/C15H17BrN2O3/c1-3-13(19)17(2)8-14(20)18-9-15(21,10-18)11-4-6-12(16)7-5-11/h3-7,21H,1,8-10H2,2H3. The second-order valence-corrected chi connectivity index (χ2v) is 6.10. The van der Waals surface area contributed by atoms with Crippen LogP contribution in [-0.4, -0.2) is 53.4 Å². The highest BCUT2D eigenvalue weighted by molar-refractivity contribution is 9.10. The lowest BCUT2D eigenvalue weighted by atomic mass is 9.86. The van der Waals surface area contributed by atoms with Crippen LogP contribution in [-0.2, 0) is 15.2 Å². The minimum atomic E-state index is -1.00. The number of amides is 2. The first-order valence-corrected chi connectivity index (χ1v) is 7.29. The van der Waals surface area contributed by atoms with Gasteiger partial charge in [0.25, 0.3) is 0 Å². The Morgan fingerprint density at radius 3 is 2.52 bits per heavy atom. The molecule has 5 nitrogen and oxygen atoms in total. The van der Waals surface area contributed by atoms with Crippen LogP contribution in [0.15, 0.2) is 41.4 Å². The molecule has 112 valence electrons. The van der Waals surface area contributed by atoms with Crippen LogP contribution in [0.2, 0.25) is 0 Å². The molecule has 2 amide bonds. The lowest BCUT2D eigenvalue weighted by molar-refractivity contribution is -0.159. The maximum absolute atomic E-state index is 12.0. The van der Waals surface area contributed by atoms with E-state index < -0.39 is 5.60 Å². The van der Waals surface area contributed by atoms with Gasteiger partial charge in [-0.2, -0.15) is 0 Å². The Morgan fingerprint density at radius 1 is 1.43 bits per heavy atom. The number of rotatable bonds is 4. The quantitative estimate of drug-likeness (QED) is 0.826. The van der Waals surface area contributed by atoms with Crippen molar-refractivity contribution in [2.24, 2.45) is 0 Å². The minimum absolute atomic E-state index is 0.0126. The number of aliphatic hydroxyl groups is 1. The van der Waals surface area contributed by atoms with E-state index in [0.29, 0.717) is 0 Å². The van der Waals surface area contributed by atoms with Crippen LogP contribution >= 0.6 is 15.9 Å². The number of halogens is 1. The van der Waals surface area contributed by atoms with Gasteiger partial charge in [0, 0.05) is 11.5 Å². The zero-order valence-electron chi connectivity index (χ0n) is 11.8. The molecule has 0 aliphatic carbocycles. The summed E-state index contributed by atoms with van der Waals surface area (Å²) >= 11 is 3.34. The predicted molar refractivity (Wildman–Crippen MR) is 82.5 cm³/mol. The fourth-order valence-corrected chi connectivity index (χ4v) is 2.51. The van der Waals surface area contributed by atoms with Crippen LogP contribution < -0.4 is 0 Å². The molecule has 0 spiro atoms. The third-order valence-corrected chi connectivity index (χ3v) is 4.09. The summed E-state index contributed by atoms with van der Waals surface area (Å²) in [5.41, 5.74) is -0.220. The molecule has 1 heterocycles. The molecule has 1 saturated heterocycles. The summed E-state index contributed by atoms with van der Waals surface area (Å²) in [5.74, 6) is -0.485. The molecule has 0 bridgehead atoms. The molecule has 1 aromatic rings. The Balaban J connectivity index is 1.93. The van der Waals surface area contributed by atoms with Gasteiger partial charge in [-0.15, -0.1) is 0 Å². The van der Waals surface area contributed by atoms with Crippen LogP contribution in [0.3, 0.4) is 0 Å². The molecule has 1 fully saturated rings. The number of hydrogen-bond acceptors (Lipinski definition) is 3. The third kappa shape index (κ3) is 3.33. The summed E-state index contributed by atoms with van der Waals surface area (Å²) < 4.78 is 0.937. The maximum Gasteiger partial charge on any atom is 0.246 e. The molecule has 0 radical (unpaired) electrons. The number of benzene rings is 1. The van der Waals surface area contributed by atoms with Crippen molar-refractivity contribution in [1.29, 1.82) is 0 Å². The summed E-state index contributed by atoms with van der Waals surface area (Å²) in [5, 5.41) is 10.5. The number of likely N-dealkylation sites (N-methyl/N-ethyl adjacent to an activating group) is 1. The van der Waals surface area contributed by atoms with E-state index in [1.165, 1.54) is 15.9 Å². The number of carbonyl (C=O) groups is 2. The first-order chi connectivity index (χ1) is 9.85. The molecule has 0 unspecified atom stereocenters. The minimum Gasteiger partial charge on any atom is -0.381 e.